The van der Waals surface area contributed by atoms with Gasteiger partial charge in [-0.3, -0.25) is 0 Å². The fraction of sp³-hybridized carbons (Fsp3) is 0. The number of fused-ring (bicyclic) bond motifs is 5. The Bertz CT molecular complexity index is 6970. The van der Waals surface area contributed by atoms with Crippen molar-refractivity contribution >= 4 is 76.5 Å². The van der Waals surface area contributed by atoms with Gasteiger partial charge in [0, 0.05) is 104 Å². The van der Waals surface area contributed by atoms with Crippen LogP contribution in [0.5, 0.6) is 0 Å². The first-order chi connectivity index (χ1) is 64.6. The van der Waals surface area contributed by atoms with Gasteiger partial charge >= 0.3 is 0 Å². The summed E-state index contributed by atoms with van der Waals surface area (Å²) in [5.74, 6) is 9.79. The molecule has 620 valence electrons. The number of nitrogens with zero attached hydrogens (tertiary/aromatic N) is 5. The average molecular weight is 1720 g/mol. The minimum Gasteiger partial charge on any atom is -0.455 e. The lowest BCUT2D eigenvalue weighted by atomic mass is 10.0. The highest BCUT2D eigenvalue weighted by Gasteiger charge is 2.28. The Morgan fingerprint density at radius 2 is 0.462 bits per heavy atom. The van der Waals surface area contributed by atoms with Crippen molar-refractivity contribution in [2.75, 3.05) is 0 Å². The molecule has 25 aromatic rings. The average Bonchev–Trinajstić information content (AvgIpc) is 1.63. The Balaban J connectivity index is 0.0000000983. The zero-order valence-corrected chi connectivity index (χ0v) is 71.3. The summed E-state index contributed by atoms with van der Waals surface area (Å²) in [7, 11) is 0. The van der Waals surface area contributed by atoms with Gasteiger partial charge in [0.15, 0.2) is 40.9 Å². The van der Waals surface area contributed by atoms with Crippen LogP contribution in [0.4, 0.5) is 0 Å². The van der Waals surface area contributed by atoms with E-state index in [-0.39, 0.29) is 0 Å². The lowest BCUT2D eigenvalue weighted by molar-refractivity contribution is 0.422. The van der Waals surface area contributed by atoms with Gasteiger partial charge in [0.1, 0.15) is 58.0 Å². The van der Waals surface area contributed by atoms with Crippen molar-refractivity contribution in [3.05, 3.63) is 455 Å². The highest BCUT2D eigenvalue weighted by Crippen LogP contribution is 2.50. The molecule has 15 heteroatoms. The fourth-order valence-electron chi connectivity index (χ4n) is 16.4. The van der Waals surface area contributed by atoms with Crippen molar-refractivity contribution in [1.82, 2.24) is 25.3 Å². The maximum absolute atomic E-state index is 6.43. The second-order valence-electron chi connectivity index (χ2n) is 30.4. The molecule has 15 aromatic carbocycles. The Kier molecular flexibility index (Phi) is 22.8. The molecule has 10 aromatic heterocycles. The zero-order valence-electron chi connectivity index (χ0n) is 69.6. The van der Waals surface area contributed by atoms with Crippen molar-refractivity contribution < 1.29 is 35.5 Å². The summed E-state index contributed by atoms with van der Waals surface area (Å²) < 4.78 is 48.4. The van der Waals surface area contributed by atoms with E-state index in [2.05, 4.69) is 195 Å². The Labute approximate surface area is 755 Å². The normalized spacial score (nSPS) is 11.1. The number of hydrogen-bond acceptors (Lipinski definition) is 15. The Morgan fingerprint density at radius 1 is 0.192 bits per heavy atom. The first kappa shape index (κ1) is 80.0. The van der Waals surface area contributed by atoms with Crippen LogP contribution in [0.25, 0.3) is 222 Å². The molecule has 0 radical (unpaired) electrons. The molecule has 0 aliphatic carbocycles. The summed E-state index contributed by atoms with van der Waals surface area (Å²) in [5, 5.41) is 19.0. The zero-order chi connectivity index (χ0) is 86.7. The predicted molar refractivity (Wildman–Crippen MR) is 524 cm³/mol. The van der Waals surface area contributed by atoms with E-state index in [0.29, 0.717) is 11.5 Å². The summed E-state index contributed by atoms with van der Waals surface area (Å²) in [4.78, 5) is 15.9. The van der Waals surface area contributed by atoms with E-state index in [1.54, 1.807) is 35.1 Å². The van der Waals surface area contributed by atoms with Gasteiger partial charge in [-0.2, -0.15) is 0 Å². The van der Waals surface area contributed by atoms with Gasteiger partial charge < -0.3 is 35.5 Å². The van der Waals surface area contributed by atoms with Gasteiger partial charge in [0.05, 0.1) is 43.8 Å². The quantitative estimate of drug-likeness (QED) is 0.0951. The van der Waals surface area contributed by atoms with E-state index in [0.717, 1.165) is 211 Å². The second kappa shape index (κ2) is 37.0. The van der Waals surface area contributed by atoms with Crippen LogP contribution in [0.3, 0.4) is 0 Å². The van der Waals surface area contributed by atoms with Gasteiger partial charge in [0.2, 0.25) is 0 Å². The SMILES string of the molecule is c1ccc(-c2ncsc2-c2oc(-c3ccccc3)c3ccccc23)cc1.c1ccc(-c2nocc2-c2oc(-c3ccccc3)c3ccccc23)cc1.c1ccc(-c2ocnc2-c2oc(-c3ccccc3)c3ccccc23)cc1.c1ccc(-c2oncc2-c2oc(-c3ccccc3)c3ccccc23)cc1.c1ccc(-c2scnc2-c2oc(-c3ccccc3)c3ccccc23)cc1. The number of hydrogen-bond donors (Lipinski definition) is 0. The lowest BCUT2D eigenvalue weighted by Gasteiger charge is -2.01. The molecule has 0 atom stereocenters. The molecule has 0 saturated carbocycles. The highest BCUT2D eigenvalue weighted by atomic mass is 32.1. The van der Waals surface area contributed by atoms with Crippen LogP contribution in [0.15, 0.2) is 490 Å². The van der Waals surface area contributed by atoms with Crippen LogP contribution >= 0.6 is 22.7 Å². The van der Waals surface area contributed by atoms with Crippen molar-refractivity contribution in [2.45, 2.75) is 0 Å². The molecule has 0 aliphatic heterocycles. The lowest BCUT2D eigenvalue weighted by Crippen LogP contribution is -1.81. The van der Waals surface area contributed by atoms with Crippen LogP contribution in [0.1, 0.15) is 0 Å². The number of furan rings is 5. The van der Waals surface area contributed by atoms with Crippen LogP contribution in [-0.2, 0) is 0 Å². The molecule has 0 unspecified atom stereocenters. The first-order valence-electron chi connectivity index (χ1n) is 42.4. The van der Waals surface area contributed by atoms with E-state index in [4.69, 9.17) is 35.5 Å². The Hall–Kier alpha value is -17.1. The number of oxazole rings is 1. The van der Waals surface area contributed by atoms with Gasteiger partial charge in [-0.15, -0.1) is 22.7 Å². The van der Waals surface area contributed by atoms with Gasteiger partial charge in [0.25, 0.3) is 0 Å². The van der Waals surface area contributed by atoms with Gasteiger partial charge in [-0.1, -0.05) is 435 Å². The third-order valence-electron chi connectivity index (χ3n) is 22.5. The molecular formula is C115H75N5O8S2. The third kappa shape index (κ3) is 16.2. The molecule has 0 saturated heterocycles. The third-order valence-corrected chi connectivity index (χ3v) is 24.2. The topological polar surface area (TPSA) is 170 Å². The molecule has 130 heavy (non-hydrogen) atoms. The van der Waals surface area contributed by atoms with Crippen LogP contribution in [0.2, 0.25) is 0 Å². The van der Waals surface area contributed by atoms with E-state index in [9.17, 15) is 0 Å². The van der Waals surface area contributed by atoms with E-state index < -0.39 is 0 Å². The molecule has 0 aliphatic rings. The van der Waals surface area contributed by atoms with Crippen molar-refractivity contribution in [1.29, 1.82) is 0 Å². The van der Waals surface area contributed by atoms with E-state index >= 15 is 0 Å². The molecular weight excluding hydrogens is 1640 g/mol. The van der Waals surface area contributed by atoms with E-state index in [1.165, 1.54) is 6.39 Å². The molecule has 13 nitrogen and oxygen atoms in total. The molecule has 0 N–H and O–H groups in total. The van der Waals surface area contributed by atoms with Crippen LogP contribution in [-0.4, -0.2) is 25.3 Å². The van der Waals surface area contributed by atoms with Crippen LogP contribution < -0.4 is 0 Å². The Morgan fingerprint density at radius 3 is 0.846 bits per heavy atom. The standard InChI is InChI=1S/3C23H15NO2.2C23H15NOS/c1-3-9-16(10-4-1)21-18-13-7-8-14-19(18)23(26-21)20-22(25-15-24-20)17-11-5-2-6-12-17;1-3-9-16(10-4-1)21-20(15-25-24-21)23-19-14-8-7-13-18(19)22(26-23)17-11-5-2-6-12-17;1-3-9-16(10-4-1)21-18-13-7-8-14-19(18)23(25-21)20-15-24-26-22(20)17-11-5-2-6-12-17;1-3-9-16(10-4-1)21-18-13-7-8-14-19(18)22(25-21)20-23(26-15-24-20)17-11-5-2-6-12-17;1-3-9-16(10-4-1)20-23(26-15-24-20)22-19-14-8-7-13-18(19)21(25-22)17-11-5-2-6-12-17/h5*1-15H. The minimum absolute atomic E-state index is 0.713. The summed E-state index contributed by atoms with van der Waals surface area (Å²) >= 11 is 3.26. The molecule has 25 rings (SSSR count). The van der Waals surface area contributed by atoms with Gasteiger partial charge in [-0.05, 0) is 5.56 Å². The smallest absolute Gasteiger partial charge is 0.182 e. The highest BCUT2D eigenvalue weighted by molar-refractivity contribution is 7.14. The predicted octanol–water partition coefficient (Wildman–Crippen LogP) is 33.0. The largest absolute Gasteiger partial charge is 0.455 e. The maximum Gasteiger partial charge on any atom is 0.182 e. The van der Waals surface area contributed by atoms with Crippen molar-refractivity contribution in [3.63, 3.8) is 0 Å². The van der Waals surface area contributed by atoms with Crippen LogP contribution in [0, 0.1) is 0 Å². The summed E-state index contributed by atoms with van der Waals surface area (Å²) in [5.41, 5.74) is 19.4. The molecule has 0 fully saturated rings. The summed E-state index contributed by atoms with van der Waals surface area (Å²) in [6.45, 7) is 0. The molecule has 0 bridgehead atoms. The summed E-state index contributed by atoms with van der Waals surface area (Å²) in [6.07, 6.45) is 4.85. The number of rotatable bonds is 15. The fourth-order valence-corrected chi connectivity index (χ4v) is 18.0. The first-order valence-corrected chi connectivity index (χ1v) is 44.2. The number of benzene rings is 15. The molecule has 0 amide bonds. The number of thiazole rings is 2. The molecule has 10 heterocycles. The number of aromatic nitrogens is 5. The maximum atomic E-state index is 6.43. The summed E-state index contributed by atoms with van der Waals surface area (Å²) in [6, 6.07) is 143. The van der Waals surface area contributed by atoms with E-state index in [1.807, 2.05) is 266 Å². The second-order valence-corrected chi connectivity index (χ2v) is 32.1. The minimum atomic E-state index is 0.713. The molecule has 0 spiro atoms. The monoisotopic (exact) mass is 1720 g/mol. The van der Waals surface area contributed by atoms with Gasteiger partial charge in [-0.25, -0.2) is 15.0 Å². The van der Waals surface area contributed by atoms with Crippen molar-refractivity contribution in [2.24, 2.45) is 0 Å². The van der Waals surface area contributed by atoms with Crippen molar-refractivity contribution in [3.8, 4) is 168 Å².